The fourth-order valence-electron chi connectivity index (χ4n) is 2.16. The average molecular weight is 312 g/mol. The monoisotopic (exact) mass is 311 g/mol. The molecule has 0 fully saturated rings. The third-order valence-corrected chi connectivity index (χ3v) is 3.56. The van der Waals surface area contributed by atoms with E-state index in [2.05, 4.69) is 5.32 Å². The Morgan fingerprint density at radius 2 is 1.90 bits per heavy atom. The van der Waals surface area contributed by atoms with Gasteiger partial charge in [0.05, 0.1) is 10.7 Å². The fourth-order valence-corrected chi connectivity index (χ4v) is 2.41. The van der Waals surface area contributed by atoms with E-state index >= 15 is 0 Å². The lowest BCUT2D eigenvalue weighted by Crippen LogP contribution is -2.08. The lowest BCUT2D eigenvalue weighted by atomic mass is 10.1. The van der Waals surface area contributed by atoms with E-state index in [-0.39, 0.29) is 23.5 Å². The SMILES string of the molecule is CC(Nc1c(F)cc(F)cc1Cl)c1ccc2c(c1)OCO2. The first-order valence-electron chi connectivity index (χ1n) is 6.35. The highest BCUT2D eigenvalue weighted by atomic mass is 35.5. The molecule has 2 aromatic carbocycles. The first kappa shape index (κ1) is 13.9. The highest BCUT2D eigenvalue weighted by Crippen LogP contribution is 2.36. The van der Waals surface area contributed by atoms with Gasteiger partial charge in [-0.25, -0.2) is 8.78 Å². The lowest BCUT2D eigenvalue weighted by molar-refractivity contribution is 0.174. The number of benzene rings is 2. The Balaban J connectivity index is 1.85. The molecule has 0 saturated heterocycles. The molecule has 0 spiro atoms. The van der Waals surface area contributed by atoms with Gasteiger partial charge in [-0.3, -0.25) is 0 Å². The van der Waals surface area contributed by atoms with Crippen molar-refractivity contribution in [3.8, 4) is 11.5 Å². The molecule has 0 aliphatic carbocycles. The number of hydrogen-bond donors (Lipinski definition) is 1. The molecule has 0 radical (unpaired) electrons. The van der Waals surface area contributed by atoms with Gasteiger partial charge >= 0.3 is 0 Å². The molecule has 0 saturated carbocycles. The van der Waals surface area contributed by atoms with E-state index in [1.807, 2.05) is 19.1 Å². The average Bonchev–Trinajstić information content (AvgIpc) is 2.89. The van der Waals surface area contributed by atoms with Gasteiger partial charge in [0.15, 0.2) is 17.3 Å². The zero-order valence-corrected chi connectivity index (χ0v) is 11.9. The summed E-state index contributed by atoms with van der Waals surface area (Å²) in [4.78, 5) is 0. The quantitative estimate of drug-likeness (QED) is 0.904. The van der Waals surface area contributed by atoms with Gasteiger partial charge in [-0.1, -0.05) is 17.7 Å². The van der Waals surface area contributed by atoms with Gasteiger partial charge in [-0.05, 0) is 30.7 Å². The Hall–Kier alpha value is -2.01. The number of hydrogen-bond acceptors (Lipinski definition) is 3. The van der Waals surface area contributed by atoms with E-state index in [4.69, 9.17) is 21.1 Å². The molecule has 0 amide bonds. The largest absolute Gasteiger partial charge is 0.454 e. The first-order valence-corrected chi connectivity index (χ1v) is 6.73. The third-order valence-electron chi connectivity index (χ3n) is 3.26. The zero-order chi connectivity index (χ0) is 15.0. The van der Waals surface area contributed by atoms with Crippen molar-refractivity contribution >= 4 is 17.3 Å². The van der Waals surface area contributed by atoms with Crippen LogP contribution in [0.4, 0.5) is 14.5 Å². The molecule has 2 aromatic rings. The molecule has 1 atom stereocenters. The van der Waals surface area contributed by atoms with Crippen molar-refractivity contribution in [1.82, 2.24) is 0 Å². The highest BCUT2D eigenvalue weighted by molar-refractivity contribution is 6.33. The second-order valence-corrected chi connectivity index (χ2v) is 5.13. The summed E-state index contributed by atoms with van der Waals surface area (Å²) in [7, 11) is 0. The van der Waals surface area contributed by atoms with Gasteiger partial charge in [0, 0.05) is 12.1 Å². The predicted molar refractivity (Wildman–Crippen MR) is 76.0 cm³/mol. The van der Waals surface area contributed by atoms with Gasteiger partial charge in [0.2, 0.25) is 6.79 Å². The Morgan fingerprint density at radius 1 is 1.14 bits per heavy atom. The smallest absolute Gasteiger partial charge is 0.231 e. The predicted octanol–water partition coefficient (Wildman–Crippen LogP) is 4.52. The Kier molecular flexibility index (Phi) is 3.59. The summed E-state index contributed by atoms with van der Waals surface area (Å²) >= 11 is 5.87. The third kappa shape index (κ3) is 2.74. The number of anilines is 1. The van der Waals surface area contributed by atoms with Crippen LogP contribution in [-0.4, -0.2) is 6.79 Å². The molecular formula is C15H12ClF2NO2. The Morgan fingerprint density at radius 3 is 2.67 bits per heavy atom. The molecule has 1 unspecified atom stereocenters. The van der Waals surface area contributed by atoms with Gasteiger partial charge in [-0.2, -0.15) is 0 Å². The topological polar surface area (TPSA) is 30.5 Å². The van der Waals surface area contributed by atoms with Crippen LogP contribution in [0.15, 0.2) is 30.3 Å². The molecule has 3 nitrogen and oxygen atoms in total. The van der Waals surface area contributed by atoms with Crippen molar-refractivity contribution in [3.63, 3.8) is 0 Å². The molecule has 21 heavy (non-hydrogen) atoms. The lowest BCUT2D eigenvalue weighted by Gasteiger charge is -2.17. The van der Waals surface area contributed by atoms with Crippen molar-refractivity contribution in [2.24, 2.45) is 0 Å². The molecule has 0 aromatic heterocycles. The van der Waals surface area contributed by atoms with Crippen molar-refractivity contribution in [3.05, 3.63) is 52.6 Å². The number of halogens is 3. The van der Waals surface area contributed by atoms with Crippen molar-refractivity contribution in [2.45, 2.75) is 13.0 Å². The van der Waals surface area contributed by atoms with Crippen LogP contribution in [0.3, 0.4) is 0 Å². The van der Waals surface area contributed by atoms with E-state index in [0.29, 0.717) is 11.5 Å². The Bertz CT molecular complexity index is 670. The van der Waals surface area contributed by atoms with E-state index < -0.39 is 11.6 Å². The van der Waals surface area contributed by atoms with Crippen molar-refractivity contribution in [2.75, 3.05) is 12.1 Å². The summed E-state index contributed by atoms with van der Waals surface area (Å²) in [5.41, 5.74) is 0.947. The van der Waals surface area contributed by atoms with E-state index in [1.54, 1.807) is 6.07 Å². The van der Waals surface area contributed by atoms with Crippen LogP contribution < -0.4 is 14.8 Å². The van der Waals surface area contributed by atoms with Gasteiger partial charge in [0.25, 0.3) is 0 Å². The van der Waals surface area contributed by atoms with Crippen LogP contribution in [0.1, 0.15) is 18.5 Å². The second-order valence-electron chi connectivity index (χ2n) is 4.72. The van der Waals surface area contributed by atoms with Crippen LogP contribution in [0.2, 0.25) is 5.02 Å². The zero-order valence-electron chi connectivity index (χ0n) is 11.1. The summed E-state index contributed by atoms with van der Waals surface area (Å²) in [6, 6.07) is 7.07. The molecular weight excluding hydrogens is 300 g/mol. The first-order chi connectivity index (χ1) is 10.0. The molecule has 1 heterocycles. The Labute approximate surface area is 125 Å². The molecule has 1 aliphatic rings. The number of nitrogens with one attached hydrogen (secondary N) is 1. The minimum atomic E-state index is -0.729. The minimum Gasteiger partial charge on any atom is -0.454 e. The summed E-state index contributed by atoms with van der Waals surface area (Å²) in [6.45, 7) is 2.04. The molecule has 6 heteroatoms. The van der Waals surface area contributed by atoms with Crippen LogP contribution in [0.5, 0.6) is 11.5 Å². The van der Waals surface area contributed by atoms with E-state index in [9.17, 15) is 8.78 Å². The van der Waals surface area contributed by atoms with Crippen LogP contribution in [0, 0.1) is 11.6 Å². The maximum absolute atomic E-state index is 13.8. The van der Waals surface area contributed by atoms with E-state index in [0.717, 1.165) is 17.7 Å². The van der Waals surface area contributed by atoms with Gasteiger partial charge in [-0.15, -0.1) is 0 Å². The second kappa shape index (κ2) is 5.41. The summed E-state index contributed by atoms with van der Waals surface area (Å²) in [5, 5.41) is 2.94. The van der Waals surface area contributed by atoms with Crippen molar-refractivity contribution in [1.29, 1.82) is 0 Å². The summed E-state index contributed by atoms with van der Waals surface area (Å²) < 4.78 is 37.4. The molecule has 3 rings (SSSR count). The number of fused-ring (bicyclic) bond motifs is 1. The number of ether oxygens (including phenoxy) is 2. The molecule has 1 N–H and O–H groups in total. The number of rotatable bonds is 3. The standard InChI is InChI=1S/C15H12ClF2NO2/c1-8(9-2-3-13-14(4-9)21-7-20-13)19-15-11(16)5-10(17)6-12(15)18/h2-6,8,19H,7H2,1H3. The van der Waals surface area contributed by atoms with Crippen molar-refractivity contribution < 1.29 is 18.3 Å². The molecule has 1 aliphatic heterocycles. The van der Waals surface area contributed by atoms with Gasteiger partial charge in [0.1, 0.15) is 5.82 Å². The van der Waals surface area contributed by atoms with Crippen LogP contribution >= 0.6 is 11.6 Å². The molecule has 110 valence electrons. The highest BCUT2D eigenvalue weighted by Gasteiger charge is 2.17. The normalized spacial score (nSPS) is 14.1. The maximum atomic E-state index is 13.8. The molecule has 0 bridgehead atoms. The summed E-state index contributed by atoms with van der Waals surface area (Å²) in [6.07, 6.45) is 0. The van der Waals surface area contributed by atoms with Crippen LogP contribution in [0.25, 0.3) is 0 Å². The maximum Gasteiger partial charge on any atom is 0.231 e. The van der Waals surface area contributed by atoms with Crippen LogP contribution in [-0.2, 0) is 0 Å². The summed E-state index contributed by atoms with van der Waals surface area (Å²) in [5.74, 6) is -0.116. The minimum absolute atomic E-state index is 0.0000864. The fraction of sp³-hybridized carbons (Fsp3) is 0.200. The van der Waals surface area contributed by atoms with E-state index in [1.165, 1.54) is 0 Å². The van der Waals surface area contributed by atoms with Gasteiger partial charge < -0.3 is 14.8 Å².